The third-order valence-electron chi connectivity index (χ3n) is 4.17. The van der Waals surface area contributed by atoms with E-state index in [1.165, 1.54) is 0 Å². The van der Waals surface area contributed by atoms with Crippen LogP contribution < -0.4 is 11.1 Å². The van der Waals surface area contributed by atoms with Gasteiger partial charge in [-0.1, -0.05) is 13.0 Å². The fourth-order valence-electron chi connectivity index (χ4n) is 3.20. The zero-order chi connectivity index (χ0) is 14.8. The van der Waals surface area contributed by atoms with Gasteiger partial charge in [0, 0.05) is 5.69 Å². The van der Waals surface area contributed by atoms with Crippen LogP contribution in [0.1, 0.15) is 43.2 Å². The molecule has 0 amide bonds. The van der Waals surface area contributed by atoms with E-state index in [-0.39, 0.29) is 11.6 Å². The lowest BCUT2D eigenvalue weighted by Crippen LogP contribution is -2.31. The number of alkyl halides is 3. The Bertz CT molecular complexity index is 451. The van der Waals surface area contributed by atoms with Gasteiger partial charge >= 0.3 is 6.18 Å². The maximum atomic E-state index is 13.2. The van der Waals surface area contributed by atoms with Gasteiger partial charge < -0.3 is 11.1 Å². The Morgan fingerprint density at radius 2 is 1.95 bits per heavy atom. The molecule has 0 aliphatic carbocycles. The molecule has 5 heteroatoms. The number of nitrogens with two attached hydrogens (primary N) is 1. The molecular weight excluding hydrogens is 265 g/mol. The maximum Gasteiger partial charge on any atom is 0.416 e. The summed E-state index contributed by atoms with van der Waals surface area (Å²) in [4.78, 5) is 0. The largest absolute Gasteiger partial charge is 0.416 e. The minimum atomic E-state index is -4.34. The number of nitrogen functional groups attached to an aromatic ring is 1. The van der Waals surface area contributed by atoms with Gasteiger partial charge in [0.05, 0.1) is 5.56 Å². The maximum absolute atomic E-state index is 13.2. The molecule has 112 valence electrons. The van der Waals surface area contributed by atoms with Crippen molar-refractivity contribution < 1.29 is 13.2 Å². The fraction of sp³-hybridized carbons (Fsp3) is 0.600. The van der Waals surface area contributed by atoms with Crippen molar-refractivity contribution in [1.29, 1.82) is 0 Å². The molecule has 0 aromatic heterocycles. The van der Waals surface area contributed by atoms with Crippen LogP contribution >= 0.6 is 0 Å². The molecule has 1 aromatic carbocycles. The Kier molecular flexibility index (Phi) is 4.58. The van der Waals surface area contributed by atoms with Gasteiger partial charge in [-0.25, -0.2) is 0 Å². The number of hydrogen-bond acceptors (Lipinski definition) is 2. The Morgan fingerprint density at radius 3 is 2.50 bits per heavy atom. The number of halogens is 3. The first-order valence-electron chi connectivity index (χ1n) is 7.10. The Morgan fingerprint density at radius 1 is 1.30 bits per heavy atom. The monoisotopic (exact) mass is 286 g/mol. The summed E-state index contributed by atoms with van der Waals surface area (Å²) in [5, 5.41) is 3.26. The van der Waals surface area contributed by atoms with Crippen LogP contribution in [-0.2, 0) is 6.18 Å². The van der Waals surface area contributed by atoms with Gasteiger partial charge in [0.25, 0.3) is 0 Å². The molecule has 3 N–H and O–H groups in total. The van der Waals surface area contributed by atoms with Crippen LogP contribution in [0.2, 0.25) is 0 Å². The van der Waals surface area contributed by atoms with Crippen molar-refractivity contribution in [2.75, 3.05) is 18.8 Å². The number of hydrogen-bond donors (Lipinski definition) is 2. The molecule has 0 saturated carbocycles. The molecule has 1 unspecified atom stereocenters. The lowest BCUT2D eigenvalue weighted by Gasteiger charge is -2.32. The van der Waals surface area contributed by atoms with E-state index < -0.39 is 11.7 Å². The van der Waals surface area contributed by atoms with Crippen LogP contribution in [0, 0.1) is 5.92 Å². The van der Waals surface area contributed by atoms with Crippen LogP contribution in [0.25, 0.3) is 0 Å². The molecule has 1 fully saturated rings. The van der Waals surface area contributed by atoms with E-state index in [9.17, 15) is 13.2 Å². The highest BCUT2D eigenvalue weighted by Gasteiger charge is 2.37. The van der Waals surface area contributed by atoms with Crippen LogP contribution in [0.4, 0.5) is 18.9 Å². The average Bonchev–Trinajstić information content (AvgIpc) is 2.41. The summed E-state index contributed by atoms with van der Waals surface area (Å²) in [5.74, 6) is 0.264. The van der Waals surface area contributed by atoms with E-state index in [4.69, 9.17) is 5.73 Å². The smallest absolute Gasteiger partial charge is 0.399 e. The molecule has 1 atom stereocenters. The summed E-state index contributed by atoms with van der Waals surface area (Å²) in [6.07, 6.45) is -1.76. The van der Waals surface area contributed by atoms with Gasteiger partial charge in [-0.2, -0.15) is 13.2 Å². The highest BCUT2D eigenvalue weighted by Crippen LogP contribution is 2.41. The Balaban J connectivity index is 2.38. The zero-order valence-electron chi connectivity index (χ0n) is 11.6. The summed E-state index contributed by atoms with van der Waals surface area (Å²) >= 11 is 0. The first-order valence-corrected chi connectivity index (χ1v) is 7.10. The molecule has 0 radical (unpaired) electrons. The number of benzene rings is 1. The molecule has 2 nitrogen and oxygen atoms in total. The Hall–Kier alpha value is -1.23. The predicted molar refractivity (Wildman–Crippen MR) is 74.5 cm³/mol. The molecule has 0 spiro atoms. The van der Waals surface area contributed by atoms with Gasteiger partial charge in [-0.15, -0.1) is 0 Å². The average molecular weight is 286 g/mol. The van der Waals surface area contributed by atoms with E-state index >= 15 is 0 Å². The van der Waals surface area contributed by atoms with Crippen molar-refractivity contribution >= 4 is 5.69 Å². The van der Waals surface area contributed by atoms with Crippen LogP contribution in [0.5, 0.6) is 0 Å². The first kappa shape index (κ1) is 15.2. The zero-order valence-corrected chi connectivity index (χ0v) is 11.6. The first-order chi connectivity index (χ1) is 9.43. The highest BCUT2D eigenvalue weighted by atomic mass is 19.4. The SMILES string of the molecule is CCC(c1ccc(N)cc1C(F)(F)F)C1CCNCC1. The molecule has 1 aromatic rings. The van der Waals surface area contributed by atoms with Crippen LogP contribution in [0.3, 0.4) is 0 Å². The van der Waals surface area contributed by atoms with Crippen molar-refractivity contribution in [3.05, 3.63) is 29.3 Å². The molecule has 1 saturated heterocycles. The van der Waals surface area contributed by atoms with Crippen molar-refractivity contribution in [3.63, 3.8) is 0 Å². The summed E-state index contributed by atoms with van der Waals surface area (Å²) in [6, 6.07) is 4.21. The fourth-order valence-corrected chi connectivity index (χ4v) is 3.20. The van der Waals surface area contributed by atoms with Gasteiger partial charge in [-0.3, -0.25) is 0 Å². The number of anilines is 1. The van der Waals surface area contributed by atoms with E-state index in [1.807, 2.05) is 6.92 Å². The third-order valence-corrected chi connectivity index (χ3v) is 4.17. The standard InChI is InChI=1S/C15H21F3N2/c1-2-12(10-5-7-20-8-6-10)13-4-3-11(19)9-14(13)15(16,17)18/h3-4,9-10,12,20H,2,5-8,19H2,1H3. The second kappa shape index (κ2) is 6.04. The lowest BCUT2D eigenvalue weighted by atomic mass is 9.77. The number of rotatable bonds is 3. The van der Waals surface area contributed by atoms with E-state index in [0.29, 0.717) is 11.5 Å². The summed E-state index contributed by atoms with van der Waals surface area (Å²) in [7, 11) is 0. The molecule has 2 rings (SSSR count). The minimum absolute atomic E-state index is 0.0469. The van der Waals surface area contributed by atoms with Gasteiger partial charge in [-0.05, 0) is 61.9 Å². The Labute approximate surface area is 117 Å². The highest BCUT2D eigenvalue weighted by molar-refractivity contribution is 5.47. The molecule has 20 heavy (non-hydrogen) atoms. The molecule has 1 aliphatic heterocycles. The summed E-state index contributed by atoms with van der Waals surface area (Å²) in [5.41, 5.74) is 5.54. The van der Waals surface area contributed by atoms with Crippen LogP contribution in [0.15, 0.2) is 18.2 Å². The summed E-state index contributed by atoms with van der Waals surface area (Å²) < 4.78 is 39.7. The van der Waals surface area contributed by atoms with E-state index in [2.05, 4.69) is 5.32 Å². The molecule has 0 bridgehead atoms. The molecule has 1 aliphatic rings. The number of piperidine rings is 1. The summed E-state index contributed by atoms with van der Waals surface area (Å²) in [6.45, 7) is 3.73. The number of nitrogens with one attached hydrogen (secondary N) is 1. The van der Waals surface area contributed by atoms with Crippen molar-refractivity contribution in [3.8, 4) is 0 Å². The third kappa shape index (κ3) is 3.26. The van der Waals surface area contributed by atoms with E-state index in [1.54, 1.807) is 12.1 Å². The van der Waals surface area contributed by atoms with Gasteiger partial charge in [0.1, 0.15) is 0 Å². The quantitative estimate of drug-likeness (QED) is 0.830. The van der Waals surface area contributed by atoms with Crippen LogP contribution in [-0.4, -0.2) is 13.1 Å². The van der Waals surface area contributed by atoms with Crippen molar-refractivity contribution in [1.82, 2.24) is 5.32 Å². The van der Waals surface area contributed by atoms with Crippen molar-refractivity contribution in [2.45, 2.75) is 38.3 Å². The van der Waals surface area contributed by atoms with E-state index in [0.717, 1.165) is 38.4 Å². The topological polar surface area (TPSA) is 38.0 Å². The minimum Gasteiger partial charge on any atom is -0.399 e. The second-order valence-electron chi connectivity index (χ2n) is 5.45. The second-order valence-corrected chi connectivity index (χ2v) is 5.45. The lowest BCUT2D eigenvalue weighted by molar-refractivity contribution is -0.138. The van der Waals surface area contributed by atoms with Crippen molar-refractivity contribution in [2.24, 2.45) is 5.92 Å². The molecule has 1 heterocycles. The predicted octanol–water partition coefficient (Wildman–Crippen LogP) is 3.78. The van der Waals surface area contributed by atoms with Gasteiger partial charge in [0.15, 0.2) is 0 Å². The van der Waals surface area contributed by atoms with Gasteiger partial charge in [0.2, 0.25) is 0 Å². The molecular formula is C15H21F3N2. The normalized spacial score (nSPS) is 19.0.